The molecule has 0 heterocycles. The van der Waals surface area contributed by atoms with Crippen LogP contribution in [0.25, 0.3) is 0 Å². The lowest BCUT2D eigenvalue weighted by molar-refractivity contribution is 0.102. The van der Waals surface area contributed by atoms with Crippen molar-refractivity contribution in [3.8, 4) is 0 Å². The van der Waals surface area contributed by atoms with E-state index in [1.54, 1.807) is 0 Å². The lowest BCUT2D eigenvalue weighted by atomic mass is 10.1. The van der Waals surface area contributed by atoms with Crippen molar-refractivity contribution in [2.24, 2.45) is 0 Å². The second kappa shape index (κ2) is 6.63. The van der Waals surface area contributed by atoms with Crippen LogP contribution < -0.4 is 10.6 Å². The molecule has 2 aromatic rings. The first-order chi connectivity index (χ1) is 9.61. The molecule has 0 saturated carbocycles. The van der Waals surface area contributed by atoms with Gasteiger partial charge in [-0.3, -0.25) is 4.79 Å². The van der Waals surface area contributed by atoms with Crippen LogP contribution in [0.15, 0.2) is 46.9 Å². The molecule has 0 saturated heterocycles. The maximum absolute atomic E-state index is 13.2. The van der Waals surface area contributed by atoms with Gasteiger partial charge in [-0.05, 0) is 52.8 Å². The number of nitrogens with one attached hydrogen (secondary N) is 2. The van der Waals surface area contributed by atoms with Crippen molar-refractivity contribution in [3.63, 3.8) is 0 Å². The molecule has 0 fully saturated rings. The fraction of sp³-hybridized carbons (Fsp3) is 0.133. The van der Waals surface area contributed by atoms with Gasteiger partial charge in [0, 0.05) is 17.8 Å². The number of carbonyl (C=O) groups is 1. The summed E-state index contributed by atoms with van der Waals surface area (Å²) in [7, 11) is 1.84. The van der Waals surface area contributed by atoms with Crippen molar-refractivity contribution >= 4 is 27.5 Å². The van der Waals surface area contributed by atoms with E-state index in [-0.39, 0.29) is 10.4 Å². The van der Waals surface area contributed by atoms with Crippen LogP contribution in [0.4, 0.5) is 10.1 Å². The number of hydrogen-bond donors (Lipinski definition) is 2. The number of amides is 1. The summed E-state index contributed by atoms with van der Waals surface area (Å²) in [6.45, 7) is 0.656. The van der Waals surface area contributed by atoms with Crippen LogP contribution in [0.3, 0.4) is 0 Å². The Balaban J connectivity index is 2.21. The summed E-state index contributed by atoms with van der Waals surface area (Å²) in [5, 5.41) is 5.88. The van der Waals surface area contributed by atoms with Crippen molar-refractivity contribution in [3.05, 3.63) is 63.9 Å². The number of anilines is 1. The molecule has 0 aromatic heterocycles. The lowest BCUT2D eigenvalue weighted by Crippen LogP contribution is -2.15. The minimum Gasteiger partial charge on any atom is -0.322 e. The Labute approximate surface area is 125 Å². The van der Waals surface area contributed by atoms with E-state index in [9.17, 15) is 9.18 Å². The summed E-state index contributed by atoms with van der Waals surface area (Å²) in [6.07, 6.45) is 0. The zero-order valence-corrected chi connectivity index (χ0v) is 12.5. The van der Waals surface area contributed by atoms with Crippen LogP contribution >= 0.6 is 15.9 Å². The summed E-state index contributed by atoms with van der Waals surface area (Å²) >= 11 is 3.07. The van der Waals surface area contributed by atoms with E-state index in [2.05, 4.69) is 26.6 Å². The first kappa shape index (κ1) is 14.7. The van der Waals surface area contributed by atoms with Gasteiger partial charge < -0.3 is 10.6 Å². The molecule has 1 amide bonds. The SMILES string of the molecule is CNCc1ccccc1NC(=O)c1ccc(F)c(Br)c1. The molecule has 2 N–H and O–H groups in total. The highest BCUT2D eigenvalue weighted by molar-refractivity contribution is 9.10. The van der Waals surface area contributed by atoms with Crippen LogP contribution in [0.2, 0.25) is 0 Å². The van der Waals surface area contributed by atoms with Crippen LogP contribution in [0, 0.1) is 5.82 Å². The highest BCUT2D eigenvalue weighted by Gasteiger charge is 2.10. The third-order valence-electron chi connectivity index (χ3n) is 2.81. The van der Waals surface area contributed by atoms with Crippen molar-refractivity contribution in [1.82, 2.24) is 5.32 Å². The zero-order chi connectivity index (χ0) is 14.5. The molecular formula is C15H14BrFN2O. The highest BCUT2D eigenvalue weighted by Crippen LogP contribution is 2.19. The van der Waals surface area contributed by atoms with E-state index in [1.165, 1.54) is 18.2 Å². The minimum absolute atomic E-state index is 0.269. The Bertz CT molecular complexity index is 631. The van der Waals surface area contributed by atoms with E-state index >= 15 is 0 Å². The van der Waals surface area contributed by atoms with E-state index in [1.807, 2.05) is 31.3 Å². The molecule has 0 aliphatic carbocycles. The topological polar surface area (TPSA) is 41.1 Å². The molecule has 0 atom stereocenters. The number of halogens is 2. The predicted molar refractivity (Wildman–Crippen MR) is 81.3 cm³/mol. The summed E-state index contributed by atoms with van der Waals surface area (Å²) in [5.41, 5.74) is 2.13. The van der Waals surface area contributed by atoms with Gasteiger partial charge >= 0.3 is 0 Å². The summed E-state index contributed by atoms with van der Waals surface area (Å²) in [6, 6.07) is 11.7. The van der Waals surface area contributed by atoms with Crippen LogP contribution in [-0.4, -0.2) is 13.0 Å². The maximum atomic E-state index is 13.2. The molecule has 0 spiro atoms. The molecule has 5 heteroatoms. The Hall–Kier alpha value is -1.72. The first-order valence-electron chi connectivity index (χ1n) is 6.10. The second-order valence-electron chi connectivity index (χ2n) is 4.27. The summed E-state index contributed by atoms with van der Waals surface area (Å²) < 4.78 is 13.4. The van der Waals surface area contributed by atoms with Gasteiger partial charge in [0.25, 0.3) is 5.91 Å². The largest absolute Gasteiger partial charge is 0.322 e. The monoisotopic (exact) mass is 336 g/mol. The smallest absolute Gasteiger partial charge is 0.255 e. The van der Waals surface area contributed by atoms with Crippen molar-refractivity contribution in [2.45, 2.75) is 6.54 Å². The standard InChI is InChI=1S/C15H14BrFN2O/c1-18-9-11-4-2-3-5-14(11)19-15(20)10-6-7-13(17)12(16)8-10/h2-8,18H,9H2,1H3,(H,19,20). The molecule has 0 aliphatic heterocycles. The molecule has 0 bridgehead atoms. The lowest BCUT2D eigenvalue weighted by Gasteiger charge is -2.11. The average molecular weight is 337 g/mol. The Morgan fingerprint density at radius 2 is 2.00 bits per heavy atom. The molecule has 104 valence electrons. The molecule has 0 unspecified atom stereocenters. The van der Waals surface area contributed by atoms with Crippen molar-refractivity contribution < 1.29 is 9.18 Å². The quantitative estimate of drug-likeness (QED) is 0.896. The maximum Gasteiger partial charge on any atom is 0.255 e. The number of hydrogen-bond acceptors (Lipinski definition) is 2. The van der Waals surface area contributed by atoms with Gasteiger partial charge in [0.05, 0.1) is 4.47 Å². The molecule has 20 heavy (non-hydrogen) atoms. The highest BCUT2D eigenvalue weighted by atomic mass is 79.9. The zero-order valence-electron chi connectivity index (χ0n) is 10.9. The molecule has 2 rings (SSSR count). The average Bonchev–Trinajstić information content (AvgIpc) is 2.44. The van der Waals surface area contributed by atoms with Crippen molar-refractivity contribution in [2.75, 3.05) is 12.4 Å². The number of benzene rings is 2. The van der Waals surface area contributed by atoms with E-state index in [4.69, 9.17) is 0 Å². The Morgan fingerprint density at radius 1 is 1.25 bits per heavy atom. The van der Waals surface area contributed by atoms with Gasteiger partial charge in [-0.1, -0.05) is 18.2 Å². The number of para-hydroxylation sites is 1. The predicted octanol–water partition coefficient (Wildman–Crippen LogP) is 3.56. The third-order valence-corrected chi connectivity index (χ3v) is 3.42. The van der Waals surface area contributed by atoms with Crippen LogP contribution in [0.5, 0.6) is 0 Å². The minimum atomic E-state index is -0.392. The second-order valence-corrected chi connectivity index (χ2v) is 5.12. The fourth-order valence-corrected chi connectivity index (χ4v) is 2.20. The Morgan fingerprint density at radius 3 is 2.70 bits per heavy atom. The van der Waals surface area contributed by atoms with Gasteiger partial charge in [-0.25, -0.2) is 4.39 Å². The summed E-state index contributed by atoms with van der Waals surface area (Å²) in [5.74, 6) is -0.661. The normalized spacial score (nSPS) is 10.3. The van der Waals surface area contributed by atoms with Gasteiger partial charge in [-0.15, -0.1) is 0 Å². The van der Waals surface area contributed by atoms with Gasteiger partial charge in [0.1, 0.15) is 5.82 Å². The third kappa shape index (κ3) is 3.43. The van der Waals surface area contributed by atoms with E-state index in [0.29, 0.717) is 12.1 Å². The van der Waals surface area contributed by atoms with Crippen molar-refractivity contribution in [1.29, 1.82) is 0 Å². The van der Waals surface area contributed by atoms with Gasteiger partial charge in [0.2, 0.25) is 0 Å². The van der Waals surface area contributed by atoms with Crippen LogP contribution in [0.1, 0.15) is 15.9 Å². The number of carbonyl (C=O) groups excluding carboxylic acids is 1. The molecule has 3 nitrogen and oxygen atoms in total. The van der Waals surface area contributed by atoms with Gasteiger partial charge in [0.15, 0.2) is 0 Å². The summed E-state index contributed by atoms with van der Waals surface area (Å²) in [4.78, 5) is 12.2. The molecular weight excluding hydrogens is 323 g/mol. The van der Waals surface area contributed by atoms with Gasteiger partial charge in [-0.2, -0.15) is 0 Å². The number of rotatable bonds is 4. The Kier molecular flexibility index (Phi) is 4.87. The molecule has 0 radical (unpaired) electrons. The molecule has 2 aromatic carbocycles. The van der Waals surface area contributed by atoms with E-state index in [0.717, 1.165) is 11.3 Å². The van der Waals surface area contributed by atoms with Crippen LogP contribution in [-0.2, 0) is 6.54 Å². The fourth-order valence-electron chi connectivity index (χ4n) is 1.82. The van der Waals surface area contributed by atoms with E-state index < -0.39 is 5.82 Å². The molecule has 0 aliphatic rings. The first-order valence-corrected chi connectivity index (χ1v) is 6.90.